The summed E-state index contributed by atoms with van der Waals surface area (Å²) in [6.45, 7) is 9.12. The van der Waals surface area contributed by atoms with Gasteiger partial charge < -0.3 is 4.90 Å². The highest BCUT2D eigenvalue weighted by atomic mass is 16.2. The van der Waals surface area contributed by atoms with Gasteiger partial charge in [-0.25, -0.2) is 0 Å². The van der Waals surface area contributed by atoms with Crippen molar-refractivity contribution in [3.63, 3.8) is 0 Å². The predicted octanol–water partition coefficient (Wildman–Crippen LogP) is 2.96. The molecule has 17 heavy (non-hydrogen) atoms. The highest BCUT2D eigenvalue weighted by molar-refractivity contribution is 5.76. The Labute approximate surface area is 104 Å². The van der Waals surface area contributed by atoms with Gasteiger partial charge in [0.1, 0.15) is 0 Å². The molecule has 0 aromatic heterocycles. The third-order valence-corrected chi connectivity index (χ3v) is 2.83. The van der Waals surface area contributed by atoms with Gasteiger partial charge in [0.25, 0.3) is 0 Å². The molecule has 0 unspecified atom stereocenters. The predicted molar refractivity (Wildman–Crippen MR) is 72.0 cm³/mol. The molecule has 2 nitrogen and oxygen atoms in total. The maximum absolute atomic E-state index is 11.9. The van der Waals surface area contributed by atoms with E-state index in [9.17, 15) is 4.79 Å². The van der Waals surface area contributed by atoms with E-state index in [0.29, 0.717) is 13.0 Å². The van der Waals surface area contributed by atoms with Crippen LogP contribution in [-0.4, -0.2) is 23.9 Å². The Morgan fingerprint density at radius 1 is 1.35 bits per heavy atom. The first-order chi connectivity index (χ1) is 8.17. The molecule has 0 atom stereocenters. The standard InChI is InChI=1S/C15H21NO/c1-4-12-16(5-2)15(17)11-10-14-8-6-13(3)7-9-14/h4,6-9H,1,5,10-12H2,2-3H3. The lowest BCUT2D eigenvalue weighted by molar-refractivity contribution is -0.130. The molecule has 0 heterocycles. The van der Waals surface area contributed by atoms with Crippen molar-refractivity contribution in [1.82, 2.24) is 4.90 Å². The van der Waals surface area contributed by atoms with Gasteiger partial charge in [0.2, 0.25) is 5.91 Å². The highest BCUT2D eigenvalue weighted by Crippen LogP contribution is 2.07. The number of likely N-dealkylation sites (N-methyl/N-ethyl adjacent to an activating group) is 1. The number of carbonyl (C=O) groups excluding carboxylic acids is 1. The smallest absolute Gasteiger partial charge is 0.223 e. The van der Waals surface area contributed by atoms with E-state index in [2.05, 4.69) is 37.8 Å². The molecular weight excluding hydrogens is 210 g/mol. The Balaban J connectivity index is 2.46. The number of nitrogens with zero attached hydrogens (tertiary/aromatic N) is 1. The van der Waals surface area contributed by atoms with Crippen molar-refractivity contribution in [2.24, 2.45) is 0 Å². The molecule has 0 aliphatic carbocycles. The summed E-state index contributed by atoms with van der Waals surface area (Å²) in [6, 6.07) is 8.35. The van der Waals surface area contributed by atoms with E-state index in [-0.39, 0.29) is 5.91 Å². The molecule has 1 rings (SSSR count). The van der Waals surface area contributed by atoms with Crippen molar-refractivity contribution in [2.45, 2.75) is 26.7 Å². The van der Waals surface area contributed by atoms with Crippen LogP contribution < -0.4 is 0 Å². The summed E-state index contributed by atoms with van der Waals surface area (Å²) in [6.07, 6.45) is 3.16. The Hall–Kier alpha value is -1.57. The number of hydrogen-bond acceptors (Lipinski definition) is 1. The van der Waals surface area contributed by atoms with Gasteiger partial charge in [0.05, 0.1) is 0 Å². The van der Waals surface area contributed by atoms with Crippen molar-refractivity contribution in [3.05, 3.63) is 48.0 Å². The number of carbonyl (C=O) groups is 1. The van der Waals surface area contributed by atoms with Gasteiger partial charge in [0, 0.05) is 19.5 Å². The average Bonchev–Trinajstić information content (AvgIpc) is 2.35. The summed E-state index contributed by atoms with van der Waals surface area (Å²) >= 11 is 0. The molecule has 0 fully saturated rings. The molecule has 92 valence electrons. The van der Waals surface area contributed by atoms with Crippen LogP contribution in [0, 0.1) is 6.92 Å². The van der Waals surface area contributed by atoms with E-state index in [0.717, 1.165) is 13.0 Å². The topological polar surface area (TPSA) is 20.3 Å². The fourth-order valence-corrected chi connectivity index (χ4v) is 1.73. The van der Waals surface area contributed by atoms with Crippen LogP contribution in [0.2, 0.25) is 0 Å². The zero-order valence-electron chi connectivity index (χ0n) is 10.8. The van der Waals surface area contributed by atoms with Gasteiger partial charge in [-0.05, 0) is 25.8 Å². The van der Waals surface area contributed by atoms with Gasteiger partial charge in [-0.2, -0.15) is 0 Å². The van der Waals surface area contributed by atoms with E-state index in [1.54, 1.807) is 6.08 Å². The lowest BCUT2D eigenvalue weighted by Crippen LogP contribution is -2.30. The lowest BCUT2D eigenvalue weighted by atomic mass is 10.1. The van der Waals surface area contributed by atoms with Crippen LogP contribution in [0.4, 0.5) is 0 Å². The maximum atomic E-state index is 11.9. The zero-order valence-corrected chi connectivity index (χ0v) is 10.8. The van der Waals surface area contributed by atoms with Crippen molar-refractivity contribution < 1.29 is 4.79 Å². The quantitative estimate of drug-likeness (QED) is 0.689. The summed E-state index contributed by atoms with van der Waals surface area (Å²) in [5.74, 6) is 0.202. The minimum absolute atomic E-state index is 0.202. The minimum atomic E-state index is 0.202. The molecule has 0 N–H and O–H groups in total. The highest BCUT2D eigenvalue weighted by Gasteiger charge is 2.09. The molecular formula is C15H21NO. The van der Waals surface area contributed by atoms with Crippen molar-refractivity contribution >= 4 is 5.91 Å². The largest absolute Gasteiger partial charge is 0.339 e. The van der Waals surface area contributed by atoms with Crippen LogP contribution in [0.15, 0.2) is 36.9 Å². The van der Waals surface area contributed by atoms with E-state index in [1.165, 1.54) is 11.1 Å². The zero-order chi connectivity index (χ0) is 12.7. The summed E-state index contributed by atoms with van der Waals surface area (Å²) < 4.78 is 0. The van der Waals surface area contributed by atoms with Crippen LogP contribution in [-0.2, 0) is 11.2 Å². The fraction of sp³-hybridized carbons (Fsp3) is 0.400. The number of hydrogen-bond donors (Lipinski definition) is 0. The molecule has 1 aromatic carbocycles. The molecule has 0 radical (unpaired) electrons. The normalized spacial score (nSPS) is 10.0. The van der Waals surface area contributed by atoms with Gasteiger partial charge in [-0.3, -0.25) is 4.79 Å². The van der Waals surface area contributed by atoms with Crippen molar-refractivity contribution in [3.8, 4) is 0 Å². The Morgan fingerprint density at radius 2 is 2.00 bits per heavy atom. The molecule has 0 aliphatic heterocycles. The number of amides is 1. The van der Waals surface area contributed by atoms with Crippen LogP contribution in [0.1, 0.15) is 24.5 Å². The molecule has 0 saturated carbocycles. The van der Waals surface area contributed by atoms with E-state index >= 15 is 0 Å². The first-order valence-electron chi connectivity index (χ1n) is 6.11. The van der Waals surface area contributed by atoms with E-state index < -0.39 is 0 Å². The lowest BCUT2D eigenvalue weighted by Gasteiger charge is -2.18. The third-order valence-electron chi connectivity index (χ3n) is 2.83. The summed E-state index contributed by atoms with van der Waals surface area (Å²) in [7, 11) is 0. The molecule has 0 saturated heterocycles. The van der Waals surface area contributed by atoms with Crippen LogP contribution >= 0.6 is 0 Å². The number of rotatable bonds is 6. The monoisotopic (exact) mass is 231 g/mol. The number of aryl methyl sites for hydroxylation is 2. The molecule has 1 amide bonds. The van der Waals surface area contributed by atoms with Crippen molar-refractivity contribution in [2.75, 3.05) is 13.1 Å². The molecule has 0 bridgehead atoms. The first kappa shape index (κ1) is 13.5. The second-order valence-corrected chi connectivity index (χ2v) is 4.21. The number of benzene rings is 1. The SMILES string of the molecule is C=CCN(CC)C(=O)CCc1ccc(C)cc1. The Bertz CT molecular complexity index is 367. The molecule has 0 aliphatic rings. The minimum Gasteiger partial charge on any atom is -0.339 e. The summed E-state index contributed by atoms with van der Waals surface area (Å²) in [5.41, 5.74) is 2.47. The van der Waals surface area contributed by atoms with Crippen LogP contribution in [0.5, 0.6) is 0 Å². The van der Waals surface area contributed by atoms with Gasteiger partial charge in [-0.15, -0.1) is 6.58 Å². The summed E-state index contributed by atoms with van der Waals surface area (Å²) in [5, 5.41) is 0. The van der Waals surface area contributed by atoms with Gasteiger partial charge in [0.15, 0.2) is 0 Å². The van der Waals surface area contributed by atoms with E-state index in [4.69, 9.17) is 0 Å². The first-order valence-corrected chi connectivity index (χ1v) is 6.11. The van der Waals surface area contributed by atoms with Crippen molar-refractivity contribution in [1.29, 1.82) is 0 Å². The third kappa shape index (κ3) is 4.43. The maximum Gasteiger partial charge on any atom is 0.223 e. The second kappa shape index (κ2) is 6.89. The van der Waals surface area contributed by atoms with Crippen LogP contribution in [0.25, 0.3) is 0 Å². The van der Waals surface area contributed by atoms with Crippen LogP contribution in [0.3, 0.4) is 0 Å². The molecule has 2 heteroatoms. The average molecular weight is 231 g/mol. The Kier molecular flexibility index (Phi) is 5.47. The second-order valence-electron chi connectivity index (χ2n) is 4.21. The summed E-state index contributed by atoms with van der Waals surface area (Å²) in [4.78, 5) is 13.7. The molecule has 1 aromatic rings. The van der Waals surface area contributed by atoms with E-state index in [1.807, 2.05) is 11.8 Å². The van der Waals surface area contributed by atoms with Gasteiger partial charge >= 0.3 is 0 Å². The van der Waals surface area contributed by atoms with Gasteiger partial charge in [-0.1, -0.05) is 35.9 Å². The fourth-order valence-electron chi connectivity index (χ4n) is 1.73. The molecule has 0 spiro atoms. The Morgan fingerprint density at radius 3 is 2.53 bits per heavy atom.